The predicted octanol–water partition coefficient (Wildman–Crippen LogP) is 3.70. The summed E-state index contributed by atoms with van der Waals surface area (Å²) in [7, 11) is 1.87. The SMILES string of the molecule is Cn1c2cc(Oc3cccc(F)n3)ccc2c2cnn(CCN3CCCCC3)c(=O)c21. The van der Waals surface area contributed by atoms with Gasteiger partial charge in [-0.25, -0.2) is 4.68 Å². The summed E-state index contributed by atoms with van der Waals surface area (Å²) in [4.78, 5) is 19.3. The van der Waals surface area contributed by atoms with E-state index < -0.39 is 5.95 Å². The monoisotopic (exact) mass is 421 g/mol. The molecule has 0 spiro atoms. The van der Waals surface area contributed by atoms with Crippen molar-refractivity contribution in [3.8, 4) is 11.6 Å². The number of piperidine rings is 1. The molecule has 7 nitrogen and oxygen atoms in total. The summed E-state index contributed by atoms with van der Waals surface area (Å²) >= 11 is 0. The highest BCUT2D eigenvalue weighted by Crippen LogP contribution is 2.30. The van der Waals surface area contributed by atoms with E-state index in [0.29, 0.717) is 17.8 Å². The Labute approximate surface area is 178 Å². The minimum atomic E-state index is -0.598. The van der Waals surface area contributed by atoms with Crippen LogP contribution in [0.25, 0.3) is 21.8 Å². The summed E-state index contributed by atoms with van der Waals surface area (Å²) in [5.74, 6) is 0.106. The highest BCUT2D eigenvalue weighted by molar-refractivity contribution is 6.07. The molecule has 1 saturated heterocycles. The minimum Gasteiger partial charge on any atom is -0.439 e. The van der Waals surface area contributed by atoms with Gasteiger partial charge in [-0.2, -0.15) is 14.5 Å². The molecule has 1 fully saturated rings. The molecule has 5 rings (SSSR count). The zero-order valence-corrected chi connectivity index (χ0v) is 17.4. The smallest absolute Gasteiger partial charge is 0.291 e. The summed E-state index contributed by atoms with van der Waals surface area (Å²) in [6, 6.07) is 9.93. The molecule has 0 aliphatic carbocycles. The first-order valence-corrected chi connectivity index (χ1v) is 10.6. The lowest BCUT2D eigenvalue weighted by molar-refractivity contribution is 0.216. The Morgan fingerprint density at radius 2 is 1.90 bits per heavy atom. The van der Waals surface area contributed by atoms with Crippen LogP contribution >= 0.6 is 0 Å². The van der Waals surface area contributed by atoms with Crippen molar-refractivity contribution >= 4 is 21.8 Å². The van der Waals surface area contributed by atoms with Crippen LogP contribution in [0.4, 0.5) is 4.39 Å². The molecular formula is C23H24FN5O2. The highest BCUT2D eigenvalue weighted by atomic mass is 19.1. The van der Waals surface area contributed by atoms with Crippen LogP contribution in [0.1, 0.15) is 19.3 Å². The van der Waals surface area contributed by atoms with Crippen molar-refractivity contribution in [1.29, 1.82) is 0 Å². The third-order valence-electron chi connectivity index (χ3n) is 5.96. The Hall–Kier alpha value is -3.26. The van der Waals surface area contributed by atoms with Gasteiger partial charge in [-0.1, -0.05) is 12.5 Å². The van der Waals surface area contributed by atoms with Gasteiger partial charge in [0.25, 0.3) is 5.56 Å². The molecule has 0 unspecified atom stereocenters. The number of likely N-dealkylation sites (tertiary alicyclic amines) is 1. The van der Waals surface area contributed by atoms with Gasteiger partial charge in [0.2, 0.25) is 11.8 Å². The van der Waals surface area contributed by atoms with E-state index in [4.69, 9.17) is 4.74 Å². The number of ether oxygens (including phenoxy) is 1. The van der Waals surface area contributed by atoms with Crippen LogP contribution < -0.4 is 10.3 Å². The van der Waals surface area contributed by atoms with E-state index >= 15 is 0 Å². The molecule has 1 aliphatic heterocycles. The largest absolute Gasteiger partial charge is 0.439 e. The number of hydrogen-bond acceptors (Lipinski definition) is 5. The van der Waals surface area contributed by atoms with E-state index in [1.807, 2.05) is 23.7 Å². The summed E-state index contributed by atoms with van der Waals surface area (Å²) in [6.45, 7) is 3.60. The molecule has 4 heterocycles. The van der Waals surface area contributed by atoms with Gasteiger partial charge in [0.05, 0.1) is 18.3 Å². The van der Waals surface area contributed by atoms with Gasteiger partial charge in [0.15, 0.2) is 0 Å². The predicted molar refractivity (Wildman–Crippen MR) is 117 cm³/mol. The third-order valence-corrected chi connectivity index (χ3v) is 5.96. The third kappa shape index (κ3) is 3.79. The quantitative estimate of drug-likeness (QED) is 0.460. The average molecular weight is 421 g/mol. The van der Waals surface area contributed by atoms with Crippen LogP contribution in [0.2, 0.25) is 0 Å². The van der Waals surface area contributed by atoms with Gasteiger partial charge in [-0.05, 0) is 44.1 Å². The van der Waals surface area contributed by atoms with E-state index in [0.717, 1.165) is 35.9 Å². The Morgan fingerprint density at radius 1 is 1.06 bits per heavy atom. The molecule has 8 heteroatoms. The van der Waals surface area contributed by atoms with Gasteiger partial charge in [0.1, 0.15) is 11.3 Å². The van der Waals surface area contributed by atoms with Crippen molar-refractivity contribution in [2.24, 2.45) is 7.05 Å². The molecule has 31 heavy (non-hydrogen) atoms. The zero-order chi connectivity index (χ0) is 21.4. The summed E-state index contributed by atoms with van der Waals surface area (Å²) in [6.07, 6.45) is 5.50. The average Bonchev–Trinajstić information content (AvgIpc) is 3.06. The molecule has 0 bridgehead atoms. The highest BCUT2D eigenvalue weighted by Gasteiger charge is 2.16. The van der Waals surface area contributed by atoms with Crippen LogP contribution in [-0.4, -0.2) is 43.9 Å². The molecule has 1 aliphatic rings. The van der Waals surface area contributed by atoms with E-state index in [1.54, 1.807) is 29.1 Å². The Balaban J connectivity index is 1.48. The van der Waals surface area contributed by atoms with Crippen LogP contribution in [0.5, 0.6) is 11.6 Å². The molecule has 3 aromatic heterocycles. The fourth-order valence-electron chi connectivity index (χ4n) is 4.35. The Morgan fingerprint density at radius 3 is 2.71 bits per heavy atom. The zero-order valence-electron chi connectivity index (χ0n) is 17.4. The number of pyridine rings is 1. The van der Waals surface area contributed by atoms with E-state index in [9.17, 15) is 9.18 Å². The number of rotatable bonds is 5. The van der Waals surface area contributed by atoms with E-state index in [-0.39, 0.29) is 11.4 Å². The minimum absolute atomic E-state index is 0.0949. The van der Waals surface area contributed by atoms with Crippen LogP contribution in [-0.2, 0) is 13.6 Å². The first-order chi connectivity index (χ1) is 15.1. The normalized spacial score (nSPS) is 15.0. The maximum Gasteiger partial charge on any atom is 0.291 e. The van der Waals surface area contributed by atoms with Crippen molar-refractivity contribution in [1.82, 2.24) is 24.2 Å². The lowest BCUT2D eigenvalue weighted by Crippen LogP contribution is -2.35. The number of aryl methyl sites for hydroxylation is 1. The van der Waals surface area contributed by atoms with E-state index in [1.165, 1.54) is 25.3 Å². The maximum atomic E-state index is 13.3. The van der Waals surface area contributed by atoms with Crippen molar-refractivity contribution in [3.63, 3.8) is 0 Å². The molecule has 0 atom stereocenters. The fourth-order valence-corrected chi connectivity index (χ4v) is 4.35. The van der Waals surface area contributed by atoms with Gasteiger partial charge in [-0.3, -0.25) is 4.79 Å². The number of fused-ring (bicyclic) bond motifs is 3. The number of benzene rings is 1. The van der Waals surface area contributed by atoms with Crippen LogP contribution in [0.3, 0.4) is 0 Å². The van der Waals surface area contributed by atoms with E-state index in [2.05, 4.69) is 15.0 Å². The summed E-state index contributed by atoms with van der Waals surface area (Å²) in [5.41, 5.74) is 1.36. The van der Waals surface area contributed by atoms with Crippen LogP contribution in [0.15, 0.2) is 47.4 Å². The second-order valence-corrected chi connectivity index (χ2v) is 7.98. The summed E-state index contributed by atoms with van der Waals surface area (Å²) < 4.78 is 22.5. The molecule has 160 valence electrons. The lowest BCUT2D eigenvalue weighted by atomic mass is 10.1. The van der Waals surface area contributed by atoms with Gasteiger partial charge >= 0.3 is 0 Å². The molecule has 0 N–H and O–H groups in total. The number of hydrogen-bond donors (Lipinski definition) is 0. The first kappa shape index (κ1) is 19.7. The second-order valence-electron chi connectivity index (χ2n) is 7.98. The standard InChI is InChI=1S/C23H24FN5O2/c1-27-19-14-16(31-21-7-5-6-20(24)26-21)8-9-17(19)18-15-25-29(23(30)22(18)27)13-12-28-10-3-2-4-11-28/h5-9,14-15H,2-4,10-13H2,1H3. The number of halogens is 1. The van der Waals surface area contributed by atoms with Gasteiger partial charge < -0.3 is 14.2 Å². The van der Waals surface area contributed by atoms with Crippen molar-refractivity contribution in [2.75, 3.05) is 19.6 Å². The Bertz CT molecular complexity index is 1310. The molecule has 0 radical (unpaired) electrons. The fraction of sp³-hybridized carbons (Fsp3) is 0.348. The molecular weight excluding hydrogens is 397 g/mol. The molecule has 0 saturated carbocycles. The molecule has 4 aromatic rings. The van der Waals surface area contributed by atoms with Gasteiger partial charge in [0, 0.05) is 36.5 Å². The first-order valence-electron chi connectivity index (χ1n) is 10.6. The Kier molecular flexibility index (Phi) is 5.15. The van der Waals surface area contributed by atoms with Crippen molar-refractivity contribution < 1.29 is 9.13 Å². The lowest BCUT2D eigenvalue weighted by Gasteiger charge is -2.26. The molecule has 0 amide bonds. The van der Waals surface area contributed by atoms with Crippen LogP contribution in [0, 0.1) is 5.95 Å². The van der Waals surface area contributed by atoms with Gasteiger partial charge in [-0.15, -0.1) is 0 Å². The van der Waals surface area contributed by atoms with Crippen molar-refractivity contribution in [2.45, 2.75) is 25.8 Å². The van der Waals surface area contributed by atoms with Crippen molar-refractivity contribution in [3.05, 3.63) is 58.9 Å². The number of aromatic nitrogens is 4. The molecule has 1 aromatic carbocycles. The second kappa shape index (κ2) is 8.11. The maximum absolute atomic E-state index is 13.3. The summed E-state index contributed by atoms with van der Waals surface area (Å²) in [5, 5.41) is 6.17. The topological polar surface area (TPSA) is 65.2 Å². The number of nitrogens with zero attached hydrogens (tertiary/aromatic N) is 5.